The third-order valence-corrected chi connectivity index (χ3v) is 5.15. The van der Waals surface area contributed by atoms with Gasteiger partial charge in [-0.2, -0.15) is 0 Å². The van der Waals surface area contributed by atoms with Crippen molar-refractivity contribution in [2.75, 3.05) is 6.61 Å². The fourth-order valence-electron chi connectivity index (χ4n) is 1.96. The molecule has 2 aromatic carbocycles. The first-order valence-electron chi connectivity index (χ1n) is 6.27. The quantitative estimate of drug-likeness (QED) is 0.475. The normalized spacial score (nSPS) is 10.8. The van der Waals surface area contributed by atoms with E-state index >= 15 is 0 Å². The number of hydrogen-bond acceptors (Lipinski definition) is 3. The summed E-state index contributed by atoms with van der Waals surface area (Å²) in [4.78, 5) is 4.68. The maximum atomic E-state index is 5.64. The van der Waals surface area contributed by atoms with Crippen molar-refractivity contribution in [3.05, 3.63) is 58.0 Å². The Morgan fingerprint density at radius 3 is 2.57 bits per heavy atom. The van der Waals surface area contributed by atoms with E-state index in [1.165, 1.54) is 4.70 Å². The second-order valence-electron chi connectivity index (χ2n) is 4.36. The molecule has 0 aliphatic carbocycles. The highest BCUT2D eigenvalue weighted by molar-refractivity contribution is 9.11. The van der Waals surface area contributed by atoms with Crippen LogP contribution in [-0.2, 0) is 0 Å². The van der Waals surface area contributed by atoms with Crippen LogP contribution in [0.5, 0.6) is 5.75 Å². The smallest absolute Gasteiger partial charge is 0.148 e. The van der Waals surface area contributed by atoms with E-state index in [0.717, 1.165) is 30.8 Å². The van der Waals surface area contributed by atoms with E-state index in [4.69, 9.17) is 4.74 Å². The fraction of sp³-hybridized carbons (Fsp3) is 0.0625. The molecule has 3 aromatic rings. The lowest BCUT2D eigenvalue weighted by atomic mass is 10.2. The highest BCUT2D eigenvalue weighted by Gasteiger charge is 2.12. The number of nitrogens with zero attached hydrogens (tertiary/aromatic N) is 1. The van der Waals surface area contributed by atoms with Gasteiger partial charge in [-0.05, 0) is 56.1 Å². The monoisotopic (exact) mass is 423 g/mol. The summed E-state index contributed by atoms with van der Waals surface area (Å²) >= 11 is 8.80. The highest BCUT2D eigenvalue weighted by Crippen LogP contribution is 2.39. The molecule has 0 aliphatic heterocycles. The minimum Gasteiger partial charge on any atom is -0.487 e. The zero-order chi connectivity index (χ0) is 14.8. The van der Waals surface area contributed by atoms with E-state index < -0.39 is 0 Å². The Hall–Kier alpha value is -1.17. The predicted octanol–water partition coefficient (Wildman–Crippen LogP) is 6.05. The van der Waals surface area contributed by atoms with E-state index in [1.807, 2.05) is 30.3 Å². The third-order valence-electron chi connectivity index (χ3n) is 2.88. The molecule has 0 bridgehead atoms. The summed E-state index contributed by atoms with van der Waals surface area (Å²) in [6.45, 7) is 4.13. The van der Waals surface area contributed by atoms with E-state index in [-0.39, 0.29) is 0 Å². The van der Waals surface area contributed by atoms with Gasteiger partial charge in [-0.1, -0.05) is 24.8 Å². The fourth-order valence-corrected chi connectivity index (χ4v) is 4.33. The molecule has 21 heavy (non-hydrogen) atoms. The van der Waals surface area contributed by atoms with Crippen LogP contribution >= 0.6 is 43.2 Å². The Balaban J connectivity index is 2.04. The van der Waals surface area contributed by atoms with Crippen LogP contribution in [0, 0.1) is 0 Å². The molecule has 1 heterocycles. The SMILES string of the molecule is C=CCOc1c(Br)cc(-c2nc3ccccc3s2)cc1Br. The van der Waals surface area contributed by atoms with Gasteiger partial charge in [0, 0.05) is 5.56 Å². The standard InChI is InChI=1S/C16H11Br2NOS/c1-2-7-20-15-11(17)8-10(9-12(15)18)16-19-13-5-3-4-6-14(13)21-16/h2-6,8-9H,1,7H2. The molecule has 0 saturated heterocycles. The maximum absolute atomic E-state index is 5.64. The Labute approximate surface area is 143 Å². The molecule has 0 aliphatic rings. The van der Waals surface area contributed by atoms with Crippen molar-refractivity contribution in [2.45, 2.75) is 0 Å². The van der Waals surface area contributed by atoms with Gasteiger partial charge in [0.1, 0.15) is 17.4 Å². The molecule has 106 valence electrons. The molecule has 5 heteroatoms. The number of benzene rings is 2. The molecule has 0 spiro atoms. The van der Waals surface area contributed by atoms with E-state index in [9.17, 15) is 0 Å². The zero-order valence-corrected chi connectivity index (χ0v) is 15.0. The largest absolute Gasteiger partial charge is 0.487 e. The van der Waals surface area contributed by atoms with Crippen LogP contribution in [0.3, 0.4) is 0 Å². The third kappa shape index (κ3) is 3.05. The summed E-state index contributed by atoms with van der Waals surface area (Å²) in [5, 5.41) is 0.993. The molecule has 2 nitrogen and oxygen atoms in total. The van der Waals surface area contributed by atoms with Crippen molar-refractivity contribution < 1.29 is 4.74 Å². The number of halogens is 2. The lowest BCUT2D eigenvalue weighted by Crippen LogP contribution is -1.95. The number of aromatic nitrogens is 1. The van der Waals surface area contributed by atoms with Gasteiger partial charge in [0.25, 0.3) is 0 Å². The molecule has 3 rings (SSSR count). The first-order valence-corrected chi connectivity index (χ1v) is 8.68. The van der Waals surface area contributed by atoms with E-state index in [2.05, 4.69) is 49.5 Å². The van der Waals surface area contributed by atoms with Gasteiger partial charge in [0.2, 0.25) is 0 Å². The van der Waals surface area contributed by atoms with Gasteiger partial charge in [-0.3, -0.25) is 0 Å². The van der Waals surface area contributed by atoms with E-state index in [0.29, 0.717) is 6.61 Å². The molecule has 0 radical (unpaired) electrons. The van der Waals surface area contributed by atoms with Crippen molar-refractivity contribution >= 4 is 53.4 Å². The number of hydrogen-bond donors (Lipinski definition) is 0. The predicted molar refractivity (Wildman–Crippen MR) is 96.1 cm³/mol. The summed E-state index contributed by atoms with van der Waals surface area (Å²) in [6, 6.07) is 12.2. The summed E-state index contributed by atoms with van der Waals surface area (Å²) in [5.41, 5.74) is 2.08. The summed E-state index contributed by atoms with van der Waals surface area (Å²) in [5.74, 6) is 0.778. The van der Waals surface area contributed by atoms with Crippen molar-refractivity contribution in [3.8, 4) is 16.3 Å². The first kappa shape index (κ1) is 14.8. The van der Waals surface area contributed by atoms with Crippen molar-refractivity contribution in [2.24, 2.45) is 0 Å². The number of rotatable bonds is 4. The average Bonchev–Trinajstić information content (AvgIpc) is 2.90. The number of ether oxygens (including phenoxy) is 1. The molecule has 0 amide bonds. The molecule has 0 unspecified atom stereocenters. The topological polar surface area (TPSA) is 22.1 Å². The van der Waals surface area contributed by atoms with Crippen LogP contribution < -0.4 is 4.74 Å². The second kappa shape index (κ2) is 6.30. The maximum Gasteiger partial charge on any atom is 0.148 e. The van der Waals surface area contributed by atoms with Gasteiger partial charge in [-0.15, -0.1) is 11.3 Å². The van der Waals surface area contributed by atoms with Crippen LogP contribution in [0.15, 0.2) is 58.0 Å². The van der Waals surface area contributed by atoms with Crippen LogP contribution in [0.1, 0.15) is 0 Å². The Bertz CT molecular complexity index is 757. The lowest BCUT2D eigenvalue weighted by Gasteiger charge is -2.10. The van der Waals surface area contributed by atoms with Crippen molar-refractivity contribution in [1.82, 2.24) is 4.98 Å². The average molecular weight is 425 g/mol. The minimum absolute atomic E-state index is 0.470. The number of thiazole rings is 1. The first-order chi connectivity index (χ1) is 10.2. The summed E-state index contributed by atoms with van der Waals surface area (Å²) in [6.07, 6.45) is 1.72. The van der Waals surface area contributed by atoms with Crippen molar-refractivity contribution in [1.29, 1.82) is 0 Å². The van der Waals surface area contributed by atoms with Gasteiger partial charge in [0.05, 0.1) is 19.2 Å². The molecule has 0 saturated carbocycles. The van der Waals surface area contributed by atoms with Crippen molar-refractivity contribution in [3.63, 3.8) is 0 Å². The summed E-state index contributed by atoms with van der Waals surface area (Å²) < 4.78 is 8.62. The minimum atomic E-state index is 0.470. The van der Waals surface area contributed by atoms with Crippen LogP contribution in [0.2, 0.25) is 0 Å². The van der Waals surface area contributed by atoms with Crippen LogP contribution in [0.4, 0.5) is 0 Å². The Morgan fingerprint density at radius 2 is 1.90 bits per heavy atom. The van der Waals surface area contributed by atoms with Gasteiger partial charge in [-0.25, -0.2) is 4.98 Å². The van der Waals surface area contributed by atoms with E-state index in [1.54, 1.807) is 17.4 Å². The van der Waals surface area contributed by atoms with Gasteiger partial charge >= 0.3 is 0 Å². The number of para-hydroxylation sites is 1. The molecular weight excluding hydrogens is 414 g/mol. The van der Waals surface area contributed by atoms with Gasteiger partial charge < -0.3 is 4.74 Å². The highest BCUT2D eigenvalue weighted by atomic mass is 79.9. The zero-order valence-electron chi connectivity index (χ0n) is 11.0. The second-order valence-corrected chi connectivity index (χ2v) is 7.09. The molecular formula is C16H11Br2NOS. The molecule has 0 N–H and O–H groups in total. The molecule has 0 fully saturated rings. The lowest BCUT2D eigenvalue weighted by molar-refractivity contribution is 0.358. The summed E-state index contributed by atoms with van der Waals surface area (Å²) in [7, 11) is 0. The molecule has 0 atom stereocenters. The number of fused-ring (bicyclic) bond motifs is 1. The van der Waals surface area contributed by atoms with Crippen LogP contribution in [0.25, 0.3) is 20.8 Å². The van der Waals surface area contributed by atoms with Crippen LogP contribution in [-0.4, -0.2) is 11.6 Å². The molecule has 1 aromatic heterocycles. The van der Waals surface area contributed by atoms with Gasteiger partial charge in [0.15, 0.2) is 0 Å². The Morgan fingerprint density at radius 1 is 1.19 bits per heavy atom. The Kier molecular flexibility index (Phi) is 4.42.